The zero-order chi connectivity index (χ0) is 41.4. The molecule has 4 nitrogen and oxygen atoms in total. The fourth-order valence-corrected chi connectivity index (χ4v) is 9.61. The van der Waals surface area contributed by atoms with Gasteiger partial charge in [0.1, 0.15) is 17.0 Å². The first kappa shape index (κ1) is 37.2. The standard InChI is InChI=1S/C57H39N3OS/c58-56(60-57(44-31-25-41(26-32-44)39-13-5-2-6-14-39)59-36-37-21-23-40(24-22-37)38-11-3-1-4-12-38)43-29-27-42(28-30-43)46-16-9-18-50-54(46)48-34-33-45(35-51(48)61-50)47-17-10-20-53-55(47)49-15-7-8-19-52(49)62-53/h1-35H,36H2,(H2,58,59,60). The van der Waals surface area contributed by atoms with Crippen molar-refractivity contribution in [2.45, 2.75) is 6.54 Å². The molecular formula is C57H39N3OS. The van der Waals surface area contributed by atoms with E-state index in [2.05, 4.69) is 188 Å². The summed E-state index contributed by atoms with van der Waals surface area (Å²) in [6.07, 6.45) is 0. The van der Waals surface area contributed by atoms with Crippen molar-refractivity contribution < 1.29 is 4.42 Å². The monoisotopic (exact) mass is 813 g/mol. The van der Waals surface area contributed by atoms with Gasteiger partial charge < -0.3 is 10.2 Å². The quantitative estimate of drug-likeness (QED) is 0.123. The van der Waals surface area contributed by atoms with Gasteiger partial charge in [0.25, 0.3) is 0 Å². The van der Waals surface area contributed by atoms with Gasteiger partial charge in [-0.1, -0.05) is 182 Å². The highest BCUT2D eigenvalue weighted by Crippen LogP contribution is 2.42. The molecular weight excluding hydrogens is 775 g/mol. The van der Waals surface area contributed by atoms with Crippen molar-refractivity contribution in [3.05, 3.63) is 229 Å². The number of nitrogens with two attached hydrogens (primary N) is 1. The third-order valence-corrected chi connectivity index (χ3v) is 12.8. The fraction of sp³-hybridized carbons (Fsp3) is 0.0175. The molecule has 0 radical (unpaired) electrons. The normalized spacial score (nSPS) is 12.2. The van der Waals surface area contributed by atoms with Crippen LogP contribution in [0.25, 0.3) is 86.6 Å². The second-order valence-corrected chi connectivity index (χ2v) is 16.6. The van der Waals surface area contributed by atoms with E-state index in [9.17, 15) is 0 Å². The average Bonchev–Trinajstić information content (AvgIpc) is 3.92. The number of hydrogen-bond acceptors (Lipinski definition) is 3. The van der Waals surface area contributed by atoms with Gasteiger partial charge in [-0.2, -0.15) is 0 Å². The largest absolute Gasteiger partial charge is 0.456 e. The van der Waals surface area contributed by atoms with E-state index in [4.69, 9.17) is 20.1 Å². The number of rotatable bonds is 8. The van der Waals surface area contributed by atoms with Gasteiger partial charge in [-0.3, -0.25) is 4.99 Å². The number of aliphatic imine (C=N–C) groups is 2. The van der Waals surface area contributed by atoms with Crippen molar-refractivity contribution in [3.8, 4) is 44.5 Å². The molecule has 0 saturated carbocycles. The number of hydrogen-bond donors (Lipinski definition) is 1. The maximum atomic E-state index is 6.82. The highest BCUT2D eigenvalue weighted by Gasteiger charge is 2.16. The Hall–Kier alpha value is -7.86. The van der Waals surface area contributed by atoms with Crippen LogP contribution in [-0.2, 0) is 6.54 Å². The molecule has 2 aromatic heterocycles. The van der Waals surface area contributed by atoms with Crippen LogP contribution in [0.2, 0.25) is 0 Å². The van der Waals surface area contributed by atoms with E-state index < -0.39 is 0 Å². The molecule has 2 N–H and O–H groups in total. The molecule has 0 spiro atoms. The minimum absolute atomic E-state index is 0.398. The second kappa shape index (κ2) is 16.0. The number of thiophene rings is 1. The third-order valence-electron chi connectivity index (χ3n) is 11.7. The minimum Gasteiger partial charge on any atom is -0.456 e. The molecule has 0 aliphatic carbocycles. The highest BCUT2D eigenvalue weighted by atomic mass is 32.1. The molecule has 0 atom stereocenters. The van der Waals surface area contributed by atoms with Crippen LogP contribution in [0.5, 0.6) is 0 Å². The molecule has 9 aromatic carbocycles. The van der Waals surface area contributed by atoms with Crippen LogP contribution < -0.4 is 5.73 Å². The molecule has 5 heteroatoms. The smallest absolute Gasteiger partial charge is 0.157 e. The topological polar surface area (TPSA) is 63.9 Å². The van der Waals surface area contributed by atoms with Crippen molar-refractivity contribution in [2.75, 3.05) is 0 Å². The number of fused-ring (bicyclic) bond motifs is 6. The fourth-order valence-electron chi connectivity index (χ4n) is 8.48. The number of amidine groups is 2. The number of furan rings is 1. The molecule has 0 unspecified atom stereocenters. The van der Waals surface area contributed by atoms with Gasteiger partial charge in [0.15, 0.2) is 5.84 Å². The van der Waals surface area contributed by atoms with Gasteiger partial charge in [0.2, 0.25) is 0 Å². The maximum absolute atomic E-state index is 6.82. The van der Waals surface area contributed by atoms with Crippen molar-refractivity contribution in [1.29, 1.82) is 0 Å². The Morgan fingerprint density at radius 2 is 1.00 bits per heavy atom. The van der Waals surface area contributed by atoms with E-state index in [-0.39, 0.29) is 0 Å². The lowest BCUT2D eigenvalue weighted by atomic mass is 9.96. The average molecular weight is 814 g/mol. The van der Waals surface area contributed by atoms with Gasteiger partial charge in [-0.05, 0) is 80.4 Å². The maximum Gasteiger partial charge on any atom is 0.157 e. The molecule has 0 saturated heterocycles. The van der Waals surface area contributed by atoms with E-state index in [0.29, 0.717) is 18.2 Å². The molecule has 62 heavy (non-hydrogen) atoms. The van der Waals surface area contributed by atoms with Crippen LogP contribution >= 0.6 is 11.3 Å². The van der Waals surface area contributed by atoms with E-state index in [1.165, 1.54) is 36.9 Å². The second-order valence-electron chi connectivity index (χ2n) is 15.5. The molecule has 0 fully saturated rings. The Morgan fingerprint density at radius 1 is 0.435 bits per heavy atom. The van der Waals surface area contributed by atoms with E-state index in [1.54, 1.807) is 0 Å². The van der Waals surface area contributed by atoms with Gasteiger partial charge >= 0.3 is 0 Å². The minimum atomic E-state index is 0.398. The molecule has 11 rings (SSSR count). The molecule has 0 bridgehead atoms. The Labute approximate surface area is 363 Å². The lowest BCUT2D eigenvalue weighted by Gasteiger charge is -2.09. The third kappa shape index (κ3) is 7.04. The first-order chi connectivity index (χ1) is 30.6. The zero-order valence-corrected chi connectivity index (χ0v) is 34.5. The van der Waals surface area contributed by atoms with Crippen LogP contribution in [-0.4, -0.2) is 11.7 Å². The highest BCUT2D eigenvalue weighted by molar-refractivity contribution is 7.25. The lowest BCUT2D eigenvalue weighted by molar-refractivity contribution is 0.669. The van der Waals surface area contributed by atoms with Gasteiger partial charge in [0.05, 0.1) is 6.54 Å². The zero-order valence-electron chi connectivity index (χ0n) is 33.7. The van der Waals surface area contributed by atoms with E-state index in [0.717, 1.165) is 66.4 Å². The van der Waals surface area contributed by atoms with Gasteiger partial charge in [-0.15, -0.1) is 11.3 Å². The summed E-state index contributed by atoms with van der Waals surface area (Å²) in [7, 11) is 0. The van der Waals surface area contributed by atoms with Gasteiger partial charge in [0, 0.05) is 42.1 Å². The first-order valence-electron chi connectivity index (χ1n) is 20.8. The summed E-state index contributed by atoms with van der Waals surface area (Å²) in [5.74, 6) is 0.977. The Kier molecular flexibility index (Phi) is 9.57. The van der Waals surface area contributed by atoms with Crippen LogP contribution in [0.1, 0.15) is 16.7 Å². The van der Waals surface area contributed by atoms with E-state index >= 15 is 0 Å². The van der Waals surface area contributed by atoms with E-state index in [1.807, 2.05) is 35.6 Å². The first-order valence-corrected chi connectivity index (χ1v) is 21.6. The summed E-state index contributed by atoms with van der Waals surface area (Å²) in [5, 5.41) is 4.75. The van der Waals surface area contributed by atoms with Crippen LogP contribution in [0.4, 0.5) is 0 Å². The number of benzene rings is 9. The summed E-state index contributed by atoms with van der Waals surface area (Å²) >= 11 is 1.84. The SMILES string of the molecule is NC(=NC(=NCc1ccc(-c2ccccc2)cc1)c1ccc(-c2ccccc2)cc1)c1ccc(-c2cccc3oc4cc(-c5cccc6sc7ccccc7c56)ccc4c23)cc1. The summed E-state index contributed by atoms with van der Waals surface area (Å²) < 4.78 is 9.16. The number of nitrogens with zero attached hydrogens (tertiary/aromatic N) is 2. The van der Waals surface area contributed by atoms with Crippen molar-refractivity contribution in [2.24, 2.45) is 15.7 Å². The molecule has 294 valence electrons. The summed E-state index contributed by atoms with van der Waals surface area (Å²) in [4.78, 5) is 10.0. The molecule has 2 heterocycles. The Morgan fingerprint density at radius 3 is 1.73 bits per heavy atom. The predicted octanol–water partition coefficient (Wildman–Crippen LogP) is 15.0. The van der Waals surface area contributed by atoms with Crippen LogP contribution in [0.15, 0.2) is 227 Å². The van der Waals surface area contributed by atoms with Gasteiger partial charge in [-0.25, -0.2) is 4.99 Å². The Balaban J connectivity index is 0.908. The summed E-state index contributed by atoms with van der Waals surface area (Å²) in [6.45, 7) is 0.464. The summed E-state index contributed by atoms with van der Waals surface area (Å²) in [6, 6.07) is 74.1. The van der Waals surface area contributed by atoms with Crippen molar-refractivity contribution in [1.82, 2.24) is 0 Å². The molecule has 11 aromatic rings. The lowest BCUT2D eigenvalue weighted by Crippen LogP contribution is -2.16. The van der Waals surface area contributed by atoms with Crippen LogP contribution in [0.3, 0.4) is 0 Å². The molecule has 0 amide bonds. The molecule has 0 aliphatic heterocycles. The van der Waals surface area contributed by atoms with Crippen molar-refractivity contribution in [3.63, 3.8) is 0 Å². The Bertz CT molecular complexity index is 3460. The molecule has 0 aliphatic rings. The van der Waals surface area contributed by atoms with Crippen LogP contribution in [0, 0.1) is 0 Å². The summed E-state index contributed by atoms with van der Waals surface area (Å²) in [5.41, 5.74) is 20.5. The van der Waals surface area contributed by atoms with Crippen molar-refractivity contribution >= 4 is 65.1 Å². The predicted molar refractivity (Wildman–Crippen MR) is 262 cm³/mol.